The van der Waals surface area contributed by atoms with E-state index in [1.165, 1.54) is 0 Å². The Labute approximate surface area is 201 Å². The van der Waals surface area contributed by atoms with Crippen molar-refractivity contribution in [2.75, 3.05) is 17.7 Å². The number of carbonyl (C=O) groups is 1. The van der Waals surface area contributed by atoms with Crippen LogP contribution in [0.5, 0.6) is 5.88 Å². The maximum absolute atomic E-state index is 12.4. The van der Waals surface area contributed by atoms with Crippen LogP contribution in [0, 0.1) is 5.92 Å². The topological polar surface area (TPSA) is 89.0 Å². The summed E-state index contributed by atoms with van der Waals surface area (Å²) in [6.07, 6.45) is 12.8. The van der Waals surface area contributed by atoms with Crippen molar-refractivity contribution in [2.24, 2.45) is 5.92 Å². The number of nitrogens with one attached hydrogen (secondary N) is 2. The summed E-state index contributed by atoms with van der Waals surface area (Å²) in [4.78, 5) is 25.4. The standard InChI is InChI=1S/C25H24BrN5O2/c1-16-3-9-20(10-4-16)31-25-28-13-19(14-29-25)18-7-5-17(6-8-18)11-23(32)30-21-12-22(26)24(33-2)27-15-21/h3,5-10,12-16H,4,11H2,1-2H3,(H,30,32)(H,28,29,31). The minimum absolute atomic E-state index is 0.124. The van der Waals surface area contributed by atoms with Crippen molar-refractivity contribution in [1.82, 2.24) is 15.0 Å². The Hall–Kier alpha value is -3.52. The lowest BCUT2D eigenvalue weighted by molar-refractivity contribution is -0.115. The highest BCUT2D eigenvalue weighted by molar-refractivity contribution is 9.10. The Morgan fingerprint density at radius 1 is 1.12 bits per heavy atom. The predicted octanol–water partition coefficient (Wildman–Crippen LogP) is 5.38. The molecule has 0 radical (unpaired) electrons. The molecule has 1 amide bonds. The Morgan fingerprint density at radius 3 is 2.52 bits per heavy atom. The van der Waals surface area contributed by atoms with Gasteiger partial charge in [0.25, 0.3) is 0 Å². The zero-order valence-corrected chi connectivity index (χ0v) is 20.0. The Bertz CT molecular complexity index is 1190. The highest BCUT2D eigenvalue weighted by Gasteiger charge is 2.09. The number of nitrogens with zero attached hydrogens (tertiary/aromatic N) is 3. The number of halogens is 1. The molecule has 2 aromatic heterocycles. The average Bonchev–Trinajstić information content (AvgIpc) is 2.82. The summed E-state index contributed by atoms with van der Waals surface area (Å²) in [7, 11) is 1.54. The van der Waals surface area contributed by atoms with Gasteiger partial charge in [0.15, 0.2) is 0 Å². The van der Waals surface area contributed by atoms with E-state index in [-0.39, 0.29) is 12.3 Å². The summed E-state index contributed by atoms with van der Waals surface area (Å²) in [5.41, 5.74) is 4.42. The van der Waals surface area contributed by atoms with Gasteiger partial charge in [0.05, 0.1) is 29.9 Å². The van der Waals surface area contributed by atoms with Gasteiger partial charge in [-0.1, -0.05) is 43.3 Å². The molecule has 168 valence electrons. The number of benzene rings is 1. The van der Waals surface area contributed by atoms with E-state index in [0.717, 1.165) is 28.8 Å². The number of carbonyl (C=O) groups excluding carboxylic acids is 1. The van der Waals surface area contributed by atoms with Crippen molar-refractivity contribution in [1.29, 1.82) is 0 Å². The molecule has 0 saturated heterocycles. The Morgan fingerprint density at radius 2 is 1.88 bits per heavy atom. The Balaban J connectivity index is 1.34. The van der Waals surface area contributed by atoms with Crippen LogP contribution < -0.4 is 15.4 Å². The van der Waals surface area contributed by atoms with Crippen LogP contribution in [-0.4, -0.2) is 28.0 Å². The van der Waals surface area contributed by atoms with E-state index in [9.17, 15) is 4.79 Å². The van der Waals surface area contributed by atoms with Crippen LogP contribution in [-0.2, 0) is 11.2 Å². The van der Waals surface area contributed by atoms with E-state index in [1.807, 2.05) is 24.3 Å². The summed E-state index contributed by atoms with van der Waals surface area (Å²) in [6.45, 7) is 2.18. The first-order chi connectivity index (χ1) is 16.0. The molecule has 0 aliphatic heterocycles. The van der Waals surface area contributed by atoms with Crippen molar-refractivity contribution >= 4 is 33.5 Å². The van der Waals surface area contributed by atoms with Crippen molar-refractivity contribution in [2.45, 2.75) is 19.8 Å². The van der Waals surface area contributed by atoms with Crippen molar-refractivity contribution < 1.29 is 9.53 Å². The molecule has 33 heavy (non-hydrogen) atoms. The molecule has 1 aliphatic rings. The zero-order chi connectivity index (χ0) is 23.2. The lowest BCUT2D eigenvalue weighted by Gasteiger charge is -2.12. The maximum atomic E-state index is 12.4. The fraction of sp³-hybridized carbons (Fsp3) is 0.200. The number of aromatic nitrogens is 3. The van der Waals surface area contributed by atoms with Gasteiger partial charge in [-0.25, -0.2) is 15.0 Å². The molecule has 1 aliphatic carbocycles. The molecule has 1 unspecified atom stereocenters. The van der Waals surface area contributed by atoms with Crippen LogP contribution in [0.1, 0.15) is 18.9 Å². The predicted molar refractivity (Wildman–Crippen MR) is 133 cm³/mol. The van der Waals surface area contributed by atoms with Gasteiger partial charge in [0, 0.05) is 23.7 Å². The number of anilines is 2. The quantitative estimate of drug-likeness (QED) is 0.447. The normalized spacial score (nSPS) is 15.0. The van der Waals surface area contributed by atoms with Gasteiger partial charge < -0.3 is 15.4 Å². The monoisotopic (exact) mass is 505 g/mol. The third-order valence-electron chi connectivity index (χ3n) is 5.16. The van der Waals surface area contributed by atoms with Crippen molar-refractivity contribution in [3.8, 4) is 17.0 Å². The van der Waals surface area contributed by atoms with Gasteiger partial charge in [-0.05, 0) is 51.5 Å². The molecule has 4 rings (SSSR count). The lowest BCUT2D eigenvalue weighted by atomic mass is 10.0. The molecule has 0 bridgehead atoms. The van der Waals surface area contributed by atoms with Crippen molar-refractivity contribution in [3.05, 3.63) is 82.9 Å². The molecule has 8 heteroatoms. The van der Waals surface area contributed by atoms with Gasteiger partial charge in [-0.3, -0.25) is 4.79 Å². The third kappa shape index (κ3) is 6.04. The van der Waals surface area contributed by atoms with E-state index in [2.05, 4.69) is 66.7 Å². The number of amides is 1. The molecule has 1 aromatic carbocycles. The number of rotatable bonds is 7. The molecular weight excluding hydrogens is 482 g/mol. The molecule has 3 aromatic rings. The summed E-state index contributed by atoms with van der Waals surface area (Å²) in [5, 5.41) is 6.08. The van der Waals surface area contributed by atoms with E-state index in [4.69, 9.17) is 4.74 Å². The molecule has 2 N–H and O–H groups in total. The number of ether oxygens (including phenoxy) is 1. The van der Waals surface area contributed by atoms with Crippen molar-refractivity contribution in [3.63, 3.8) is 0 Å². The highest BCUT2D eigenvalue weighted by Crippen LogP contribution is 2.25. The molecule has 0 saturated carbocycles. The number of methoxy groups -OCH3 is 1. The average molecular weight is 506 g/mol. The second kappa shape index (κ2) is 10.4. The molecule has 0 spiro atoms. The summed E-state index contributed by atoms with van der Waals surface area (Å²) in [6, 6.07) is 9.55. The largest absolute Gasteiger partial charge is 0.480 e. The van der Waals surface area contributed by atoms with Gasteiger partial charge in [0.2, 0.25) is 17.7 Å². The minimum Gasteiger partial charge on any atom is -0.480 e. The molecule has 7 nitrogen and oxygen atoms in total. The number of hydrogen-bond acceptors (Lipinski definition) is 6. The van der Waals surface area contributed by atoms with Gasteiger partial charge in [0.1, 0.15) is 0 Å². The number of hydrogen-bond donors (Lipinski definition) is 2. The SMILES string of the molecule is COc1ncc(NC(=O)Cc2ccc(-c3cnc(NC4=CCC(C)C=C4)nc3)cc2)cc1Br. The smallest absolute Gasteiger partial charge is 0.228 e. The first-order valence-corrected chi connectivity index (χ1v) is 11.4. The fourth-order valence-corrected chi connectivity index (χ4v) is 3.85. The second-order valence-corrected chi connectivity index (χ2v) is 8.64. The summed E-state index contributed by atoms with van der Waals surface area (Å²) < 4.78 is 5.78. The molecule has 1 atom stereocenters. The number of allylic oxidation sites excluding steroid dienone is 3. The number of pyridine rings is 1. The van der Waals surface area contributed by atoms with Crippen LogP contribution in [0.4, 0.5) is 11.6 Å². The first kappa shape index (κ1) is 22.7. The highest BCUT2D eigenvalue weighted by atomic mass is 79.9. The van der Waals surface area contributed by atoms with E-state index < -0.39 is 0 Å². The Kier molecular flexibility index (Phi) is 7.14. The van der Waals surface area contributed by atoms with Gasteiger partial charge in [-0.2, -0.15) is 0 Å². The van der Waals surface area contributed by atoms with Gasteiger partial charge >= 0.3 is 0 Å². The molecule has 2 heterocycles. The minimum atomic E-state index is -0.124. The van der Waals surface area contributed by atoms with Gasteiger partial charge in [-0.15, -0.1) is 0 Å². The van der Waals surface area contributed by atoms with Crippen LogP contribution in [0.15, 0.2) is 77.3 Å². The molecule has 0 fully saturated rings. The summed E-state index contributed by atoms with van der Waals surface area (Å²) in [5.74, 6) is 1.47. The van der Waals surface area contributed by atoms with Crippen LogP contribution in [0.25, 0.3) is 11.1 Å². The second-order valence-electron chi connectivity index (χ2n) is 7.79. The molecular formula is C25H24BrN5O2. The van der Waals surface area contributed by atoms with Crippen LogP contribution in [0.2, 0.25) is 0 Å². The summed E-state index contributed by atoms with van der Waals surface area (Å²) >= 11 is 3.37. The van der Waals surface area contributed by atoms with Crippen LogP contribution in [0.3, 0.4) is 0 Å². The zero-order valence-electron chi connectivity index (χ0n) is 18.4. The third-order valence-corrected chi connectivity index (χ3v) is 5.73. The fourth-order valence-electron chi connectivity index (χ4n) is 3.34. The maximum Gasteiger partial charge on any atom is 0.228 e. The van der Waals surface area contributed by atoms with E-state index in [1.54, 1.807) is 31.8 Å². The first-order valence-electron chi connectivity index (χ1n) is 10.6. The van der Waals surface area contributed by atoms with Crippen LogP contribution >= 0.6 is 15.9 Å². The van der Waals surface area contributed by atoms with E-state index in [0.29, 0.717) is 27.9 Å². The lowest BCUT2D eigenvalue weighted by Crippen LogP contribution is -2.14. The van der Waals surface area contributed by atoms with E-state index >= 15 is 0 Å².